The summed E-state index contributed by atoms with van der Waals surface area (Å²) in [6, 6.07) is 7.10. The lowest BCUT2D eigenvalue weighted by Crippen LogP contribution is -2.31. The number of phenols is 3. The van der Waals surface area contributed by atoms with Crippen LogP contribution < -0.4 is 5.32 Å². The van der Waals surface area contributed by atoms with Crippen molar-refractivity contribution in [3.05, 3.63) is 40.1 Å². The van der Waals surface area contributed by atoms with Crippen LogP contribution in [-0.4, -0.2) is 21.9 Å². The van der Waals surface area contributed by atoms with Gasteiger partial charge in [0.15, 0.2) is 11.5 Å². The quantitative estimate of drug-likeness (QED) is 0.640. The second-order valence-electron chi connectivity index (χ2n) is 5.41. The van der Waals surface area contributed by atoms with Crippen molar-refractivity contribution in [2.45, 2.75) is 25.8 Å². The third-order valence-electron chi connectivity index (χ3n) is 3.28. The number of benzene rings is 1. The van der Waals surface area contributed by atoms with Gasteiger partial charge in [-0.2, -0.15) is 0 Å². The summed E-state index contributed by atoms with van der Waals surface area (Å²) in [6.45, 7) is 5.48. The van der Waals surface area contributed by atoms with Gasteiger partial charge in [0.25, 0.3) is 0 Å². The summed E-state index contributed by atoms with van der Waals surface area (Å²) in [5.41, 5.74) is 0.560. The predicted molar refractivity (Wildman–Crippen MR) is 80.5 cm³/mol. The van der Waals surface area contributed by atoms with Gasteiger partial charge in [-0.25, -0.2) is 0 Å². The number of hydrogen-bond donors (Lipinski definition) is 4. The van der Waals surface area contributed by atoms with Crippen molar-refractivity contribution in [3.8, 4) is 17.2 Å². The van der Waals surface area contributed by atoms with Gasteiger partial charge in [0.05, 0.1) is 0 Å². The molecule has 0 bridgehead atoms. The highest BCUT2D eigenvalue weighted by Crippen LogP contribution is 2.37. The summed E-state index contributed by atoms with van der Waals surface area (Å²) in [6.07, 6.45) is 0. The molecule has 1 heterocycles. The van der Waals surface area contributed by atoms with E-state index in [0.29, 0.717) is 12.1 Å². The lowest BCUT2D eigenvalue weighted by atomic mass is 9.91. The van der Waals surface area contributed by atoms with Crippen molar-refractivity contribution in [2.75, 3.05) is 6.54 Å². The Balaban J connectivity index is 1.98. The zero-order valence-corrected chi connectivity index (χ0v) is 12.4. The maximum Gasteiger partial charge on any atom is 0.200 e. The molecule has 20 heavy (non-hydrogen) atoms. The van der Waals surface area contributed by atoms with E-state index < -0.39 is 5.75 Å². The van der Waals surface area contributed by atoms with Gasteiger partial charge in [-0.05, 0) is 17.5 Å². The first-order valence-corrected chi connectivity index (χ1v) is 7.27. The molecule has 0 fully saturated rings. The Morgan fingerprint density at radius 3 is 2.50 bits per heavy atom. The molecule has 108 valence electrons. The first-order valence-electron chi connectivity index (χ1n) is 6.39. The van der Waals surface area contributed by atoms with E-state index in [1.165, 1.54) is 10.9 Å². The van der Waals surface area contributed by atoms with Crippen LogP contribution in [0.25, 0.3) is 0 Å². The molecule has 0 saturated heterocycles. The standard InChI is InChI=1S/C15H19NO3S/c1-15(2,12-4-3-7-20-12)9-16-8-10-5-6-11(17)14(19)13(10)18/h3-7,16-19H,8-9H2,1-2H3. The van der Waals surface area contributed by atoms with Crippen LogP contribution in [0.2, 0.25) is 0 Å². The van der Waals surface area contributed by atoms with E-state index in [1.807, 2.05) is 6.07 Å². The molecule has 0 saturated carbocycles. The maximum atomic E-state index is 9.74. The lowest BCUT2D eigenvalue weighted by Gasteiger charge is -2.24. The molecule has 0 aliphatic rings. The summed E-state index contributed by atoms with van der Waals surface area (Å²) >= 11 is 1.72. The third kappa shape index (κ3) is 3.05. The van der Waals surface area contributed by atoms with Gasteiger partial charge in [0, 0.05) is 28.9 Å². The molecule has 0 amide bonds. The molecular weight excluding hydrogens is 274 g/mol. The summed E-state index contributed by atoms with van der Waals surface area (Å²) < 4.78 is 0. The summed E-state index contributed by atoms with van der Waals surface area (Å²) in [5.74, 6) is -1.06. The Kier molecular flexibility index (Phi) is 4.20. The highest BCUT2D eigenvalue weighted by Gasteiger charge is 2.21. The smallest absolute Gasteiger partial charge is 0.200 e. The van der Waals surface area contributed by atoms with Gasteiger partial charge in [-0.1, -0.05) is 26.0 Å². The van der Waals surface area contributed by atoms with E-state index in [4.69, 9.17) is 0 Å². The molecule has 5 heteroatoms. The van der Waals surface area contributed by atoms with Crippen LogP contribution >= 0.6 is 11.3 Å². The molecule has 0 spiro atoms. The number of phenolic OH excluding ortho intramolecular Hbond substituents is 3. The molecule has 0 atom stereocenters. The van der Waals surface area contributed by atoms with Crippen LogP contribution in [-0.2, 0) is 12.0 Å². The lowest BCUT2D eigenvalue weighted by molar-refractivity contribution is 0.363. The Hall–Kier alpha value is -1.72. The minimum atomic E-state index is -0.471. The molecule has 0 aliphatic heterocycles. The average molecular weight is 293 g/mol. The van der Waals surface area contributed by atoms with Gasteiger partial charge in [0.2, 0.25) is 5.75 Å². The minimum absolute atomic E-state index is 0.00273. The van der Waals surface area contributed by atoms with E-state index in [-0.39, 0.29) is 16.9 Å². The Morgan fingerprint density at radius 2 is 1.85 bits per heavy atom. The molecule has 0 aliphatic carbocycles. The number of aromatic hydroxyl groups is 3. The SMILES string of the molecule is CC(C)(CNCc1ccc(O)c(O)c1O)c1cccs1. The van der Waals surface area contributed by atoms with Crippen molar-refractivity contribution in [2.24, 2.45) is 0 Å². The summed E-state index contributed by atoms with van der Waals surface area (Å²) in [5, 5.41) is 33.8. The molecular formula is C15H19NO3S. The summed E-state index contributed by atoms with van der Waals surface area (Å²) in [7, 11) is 0. The monoisotopic (exact) mass is 293 g/mol. The van der Waals surface area contributed by atoms with Gasteiger partial charge in [-0.15, -0.1) is 11.3 Å². The van der Waals surface area contributed by atoms with Crippen molar-refractivity contribution in [1.82, 2.24) is 5.32 Å². The normalized spacial score (nSPS) is 11.7. The summed E-state index contributed by atoms with van der Waals surface area (Å²) in [4.78, 5) is 1.29. The number of nitrogens with one attached hydrogen (secondary N) is 1. The van der Waals surface area contributed by atoms with Crippen LogP contribution in [0.15, 0.2) is 29.6 Å². The topological polar surface area (TPSA) is 72.7 Å². The number of rotatable bonds is 5. The number of hydrogen-bond acceptors (Lipinski definition) is 5. The highest BCUT2D eigenvalue weighted by molar-refractivity contribution is 7.10. The van der Waals surface area contributed by atoms with Crippen LogP contribution in [0.4, 0.5) is 0 Å². The largest absolute Gasteiger partial charge is 0.504 e. The fourth-order valence-electron chi connectivity index (χ4n) is 2.01. The molecule has 0 radical (unpaired) electrons. The molecule has 0 unspecified atom stereocenters. The predicted octanol–water partition coefficient (Wildman–Crippen LogP) is 2.93. The zero-order valence-electron chi connectivity index (χ0n) is 11.6. The van der Waals surface area contributed by atoms with E-state index >= 15 is 0 Å². The fourth-order valence-corrected chi connectivity index (χ4v) is 2.87. The van der Waals surface area contributed by atoms with Crippen LogP contribution in [0, 0.1) is 0 Å². The van der Waals surface area contributed by atoms with E-state index in [9.17, 15) is 15.3 Å². The third-order valence-corrected chi connectivity index (χ3v) is 4.52. The van der Waals surface area contributed by atoms with Crippen molar-refractivity contribution >= 4 is 11.3 Å². The van der Waals surface area contributed by atoms with Gasteiger partial charge >= 0.3 is 0 Å². The van der Waals surface area contributed by atoms with Gasteiger partial charge < -0.3 is 20.6 Å². The first-order chi connectivity index (χ1) is 9.42. The van der Waals surface area contributed by atoms with Crippen molar-refractivity contribution in [3.63, 3.8) is 0 Å². The molecule has 4 N–H and O–H groups in total. The second-order valence-corrected chi connectivity index (χ2v) is 6.35. The molecule has 1 aromatic carbocycles. The Bertz CT molecular complexity index is 579. The number of thiophene rings is 1. The van der Waals surface area contributed by atoms with Crippen molar-refractivity contribution < 1.29 is 15.3 Å². The van der Waals surface area contributed by atoms with Gasteiger partial charge in [-0.3, -0.25) is 0 Å². The highest BCUT2D eigenvalue weighted by atomic mass is 32.1. The maximum absolute atomic E-state index is 9.74. The molecule has 1 aromatic heterocycles. The second kappa shape index (κ2) is 5.73. The van der Waals surface area contributed by atoms with Crippen molar-refractivity contribution in [1.29, 1.82) is 0 Å². The zero-order chi connectivity index (χ0) is 14.8. The van der Waals surface area contributed by atoms with E-state index in [2.05, 4.69) is 30.6 Å². The minimum Gasteiger partial charge on any atom is -0.504 e. The van der Waals surface area contributed by atoms with Crippen LogP contribution in [0.1, 0.15) is 24.3 Å². The van der Waals surface area contributed by atoms with E-state index in [0.717, 1.165) is 6.54 Å². The Labute approximate surface area is 122 Å². The average Bonchev–Trinajstić information content (AvgIpc) is 2.93. The molecule has 2 rings (SSSR count). The van der Waals surface area contributed by atoms with Crippen LogP contribution in [0.5, 0.6) is 17.2 Å². The fraction of sp³-hybridized carbons (Fsp3) is 0.333. The molecule has 2 aromatic rings. The first kappa shape index (κ1) is 14.7. The molecule has 4 nitrogen and oxygen atoms in total. The van der Waals surface area contributed by atoms with Gasteiger partial charge in [0.1, 0.15) is 0 Å². The van der Waals surface area contributed by atoms with Crippen LogP contribution in [0.3, 0.4) is 0 Å². The van der Waals surface area contributed by atoms with E-state index in [1.54, 1.807) is 17.4 Å². The Morgan fingerprint density at radius 1 is 1.10 bits per heavy atom.